The molecule has 2 N–H and O–H groups in total. The second kappa shape index (κ2) is 6.86. The fourth-order valence-corrected chi connectivity index (χ4v) is 2.68. The Morgan fingerprint density at radius 2 is 2.05 bits per heavy atom. The highest BCUT2D eigenvalue weighted by atomic mass is 79.9. The Labute approximate surface area is 129 Å². The fourth-order valence-electron chi connectivity index (χ4n) is 2.28. The summed E-state index contributed by atoms with van der Waals surface area (Å²) >= 11 is 3.50. The first-order valence-electron chi connectivity index (χ1n) is 6.80. The van der Waals surface area contributed by atoms with E-state index in [2.05, 4.69) is 63.1 Å². The van der Waals surface area contributed by atoms with Crippen LogP contribution in [0.5, 0.6) is 0 Å². The van der Waals surface area contributed by atoms with Crippen molar-refractivity contribution in [1.29, 1.82) is 0 Å². The summed E-state index contributed by atoms with van der Waals surface area (Å²) in [5.74, 6) is 0. The predicted octanol–water partition coefficient (Wildman–Crippen LogP) is 3.64. The minimum Gasteiger partial charge on any atom is -0.366 e. The molecule has 1 aromatic heterocycles. The van der Waals surface area contributed by atoms with Crippen molar-refractivity contribution in [2.75, 3.05) is 11.4 Å². The maximum atomic E-state index is 5.87. The van der Waals surface area contributed by atoms with Crippen LogP contribution in [0.25, 0.3) is 0 Å². The van der Waals surface area contributed by atoms with E-state index in [9.17, 15) is 0 Å². The lowest BCUT2D eigenvalue weighted by Gasteiger charge is -2.25. The highest BCUT2D eigenvalue weighted by Gasteiger charge is 2.11. The lowest BCUT2D eigenvalue weighted by molar-refractivity contribution is 0.797. The van der Waals surface area contributed by atoms with Gasteiger partial charge in [-0.3, -0.25) is 4.98 Å². The van der Waals surface area contributed by atoms with Crippen LogP contribution in [-0.4, -0.2) is 11.5 Å². The second-order valence-corrected chi connectivity index (χ2v) is 5.68. The van der Waals surface area contributed by atoms with Crippen molar-refractivity contribution in [3.8, 4) is 0 Å². The molecule has 0 unspecified atom stereocenters. The van der Waals surface area contributed by atoms with E-state index in [-0.39, 0.29) is 0 Å². The van der Waals surface area contributed by atoms with Gasteiger partial charge in [-0.2, -0.15) is 0 Å². The van der Waals surface area contributed by atoms with Crippen LogP contribution < -0.4 is 10.6 Å². The van der Waals surface area contributed by atoms with Gasteiger partial charge in [-0.05, 0) is 49.7 Å². The Hall–Kier alpha value is -1.39. The van der Waals surface area contributed by atoms with Crippen molar-refractivity contribution in [3.63, 3.8) is 0 Å². The van der Waals surface area contributed by atoms with Crippen molar-refractivity contribution in [2.24, 2.45) is 5.73 Å². The van der Waals surface area contributed by atoms with Crippen LogP contribution in [0.2, 0.25) is 0 Å². The lowest BCUT2D eigenvalue weighted by atomic mass is 10.1. The number of hydrogen-bond acceptors (Lipinski definition) is 3. The van der Waals surface area contributed by atoms with Gasteiger partial charge in [0.15, 0.2) is 0 Å². The van der Waals surface area contributed by atoms with Gasteiger partial charge in [0.25, 0.3) is 0 Å². The molecule has 20 heavy (non-hydrogen) atoms. The molecule has 3 nitrogen and oxygen atoms in total. The standard InChI is InChI=1S/C16H20BrN3/c1-3-20(11-15-6-4-5-12(2)19-15)16-8-7-14(17)9-13(16)10-18/h4-9H,3,10-11,18H2,1-2H3. The smallest absolute Gasteiger partial charge is 0.0602 e. The number of nitrogens with two attached hydrogens (primary N) is 1. The number of aromatic nitrogens is 1. The Bertz CT molecular complexity index is 584. The molecule has 0 bridgehead atoms. The van der Waals surface area contributed by atoms with Crippen molar-refractivity contribution in [1.82, 2.24) is 4.98 Å². The molecule has 0 saturated carbocycles. The summed E-state index contributed by atoms with van der Waals surface area (Å²) in [6.07, 6.45) is 0. The van der Waals surface area contributed by atoms with Gasteiger partial charge in [0, 0.05) is 28.9 Å². The molecule has 1 aromatic carbocycles. The topological polar surface area (TPSA) is 42.2 Å². The van der Waals surface area contributed by atoms with Gasteiger partial charge in [0.2, 0.25) is 0 Å². The summed E-state index contributed by atoms with van der Waals surface area (Å²) in [7, 11) is 0. The highest BCUT2D eigenvalue weighted by molar-refractivity contribution is 9.10. The minimum absolute atomic E-state index is 0.534. The Morgan fingerprint density at radius 1 is 1.25 bits per heavy atom. The normalized spacial score (nSPS) is 10.6. The molecule has 0 atom stereocenters. The van der Waals surface area contributed by atoms with Gasteiger partial charge < -0.3 is 10.6 Å². The zero-order valence-corrected chi connectivity index (χ0v) is 13.5. The van der Waals surface area contributed by atoms with E-state index in [1.165, 1.54) is 5.69 Å². The third-order valence-electron chi connectivity index (χ3n) is 3.28. The molecule has 0 amide bonds. The van der Waals surface area contributed by atoms with E-state index < -0.39 is 0 Å². The molecule has 0 spiro atoms. The summed E-state index contributed by atoms with van der Waals surface area (Å²) < 4.78 is 1.06. The molecule has 2 aromatic rings. The molecule has 0 fully saturated rings. The van der Waals surface area contributed by atoms with Gasteiger partial charge in [-0.15, -0.1) is 0 Å². The van der Waals surface area contributed by atoms with Crippen LogP contribution in [0.4, 0.5) is 5.69 Å². The molecule has 0 aliphatic carbocycles. The van der Waals surface area contributed by atoms with Crippen molar-refractivity contribution < 1.29 is 0 Å². The predicted molar refractivity (Wildman–Crippen MR) is 87.7 cm³/mol. The van der Waals surface area contributed by atoms with E-state index in [1.807, 2.05) is 13.0 Å². The van der Waals surface area contributed by atoms with E-state index in [0.29, 0.717) is 6.54 Å². The Kier molecular flexibility index (Phi) is 5.15. The van der Waals surface area contributed by atoms with Crippen LogP contribution in [0.3, 0.4) is 0 Å². The molecule has 4 heteroatoms. The fraction of sp³-hybridized carbons (Fsp3) is 0.312. The third kappa shape index (κ3) is 3.58. The molecule has 106 valence electrons. The van der Waals surface area contributed by atoms with Crippen LogP contribution in [0, 0.1) is 6.92 Å². The van der Waals surface area contributed by atoms with Gasteiger partial charge in [-0.25, -0.2) is 0 Å². The zero-order chi connectivity index (χ0) is 14.5. The monoisotopic (exact) mass is 333 g/mol. The first-order valence-corrected chi connectivity index (χ1v) is 7.59. The summed E-state index contributed by atoms with van der Waals surface area (Å²) in [4.78, 5) is 6.88. The number of pyridine rings is 1. The number of anilines is 1. The number of halogens is 1. The summed E-state index contributed by atoms with van der Waals surface area (Å²) in [6, 6.07) is 12.4. The average molecular weight is 334 g/mol. The van der Waals surface area contributed by atoms with Crippen LogP contribution >= 0.6 is 15.9 Å². The van der Waals surface area contributed by atoms with Crippen molar-refractivity contribution in [3.05, 3.63) is 57.8 Å². The molecule has 0 aliphatic rings. The van der Waals surface area contributed by atoms with E-state index in [1.54, 1.807) is 0 Å². The summed E-state index contributed by atoms with van der Waals surface area (Å²) in [6.45, 7) is 6.42. The van der Waals surface area contributed by atoms with Crippen molar-refractivity contribution in [2.45, 2.75) is 26.9 Å². The molecule has 0 saturated heterocycles. The van der Waals surface area contributed by atoms with E-state index in [4.69, 9.17) is 5.73 Å². The number of benzene rings is 1. The second-order valence-electron chi connectivity index (χ2n) is 4.76. The van der Waals surface area contributed by atoms with Gasteiger partial charge in [-0.1, -0.05) is 22.0 Å². The van der Waals surface area contributed by atoms with Gasteiger partial charge >= 0.3 is 0 Å². The number of nitrogens with zero attached hydrogens (tertiary/aromatic N) is 2. The lowest BCUT2D eigenvalue weighted by Crippen LogP contribution is -2.24. The third-order valence-corrected chi connectivity index (χ3v) is 3.78. The van der Waals surface area contributed by atoms with Gasteiger partial charge in [0.05, 0.1) is 12.2 Å². The summed E-state index contributed by atoms with van der Waals surface area (Å²) in [5, 5.41) is 0. The highest BCUT2D eigenvalue weighted by Crippen LogP contribution is 2.25. The number of rotatable bonds is 5. The van der Waals surface area contributed by atoms with Crippen LogP contribution in [0.15, 0.2) is 40.9 Å². The quantitative estimate of drug-likeness (QED) is 0.908. The summed E-state index contributed by atoms with van der Waals surface area (Å²) in [5.41, 5.74) is 10.3. The van der Waals surface area contributed by atoms with E-state index >= 15 is 0 Å². The molecule has 0 aliphatic heterocycles. The Morgan fingerprint density at radius 3 is 2.70 bits per heavy atom. The first-order chi connectivity index (χ1) is 9.63. The minimum atomic E-state index is 0.534. The number of aryl methyl sites for hydroxylation is 1. The largest absolute Gasteiger partial charge is 0.366 e. The van der Waals surface area contributed by atoms with Crippen LogP contribution in [0.1, 0.15) is 23.9 Å². The zero-order valence-electron chi connectivity index (χ0n) is 11.9. The van der Waals surface area contributed by atoms with Gasteiger partial charge in [0.1, 0.15) is 0 Å². The Balaban J connectivity index is 2.28. The maximum absolute atomic E-state index is 5.87. The van der Waals surface area contributed by atoms with E-state index in [0.717, 1.165) is 34.5 Å². The average Bonchev–Trinajstić information content (AvgIpc) is 2.45. The molecule has 1 heterocycles. The number of hydrogen-bond donors (Lipinski definition) is 1. The molecule has 0 radical (unpaired) electrons. The SMILES string of the molecule is CCN(Cc1cccc(C)n1)c1ccc(Br)cc1CN. The van der Waals surface area contributed by atoms with Crippen LogP contribution in [-0.2, 0) is 13.1 Å². The van der Waals surface area contributed by atoms with Crippen molar-refractivity contribution >= 4 is 21.6 Å². The first kappa shape index (κ1) is 15.0. The molecular weight excluding hydrogens is 314 g/mol. The molecular formula is C16H20BrN3. The molecule has 2 rings (SSSR count). The maximum Gasteiger partial charge on any atom is 0.0602 e.